The SMILES string of the molecule is CC(=O)N1CCCN(C(=O)C(c2ccccc2)N2CCCC2)CC1. The van der Waals surface area contributed by atoms with Crippen LogP contribution in [0, 0.1) is 0 Å². The van der Waals surface area contributed by atoms with Gasteiger partial charge in [0.25, 0.3) is 0 Å². The summed E-state index contributed by atoms with van der Waals surface area (Å²) in [7, 11) is 0. The number of rotatable bonds is 3. The number of carbonyl (C=O) groups excluding carboxylic acids is 2. The highest BCUT2D eigenvalue weighted by atomic mass is 16.2. The predicted molar refractivity (Wildman–Crippen MR) is 93.4 cm³/mol. The maximum Gasteiger partial charge on any atom is 0.244 e. The third-order valence-corrected chi connectivity index (χ3v) is 5.11. The molecule has 0 bridgehead atoms. The van der Waals surface area contributed by atoms with E-state index in [-0.39, 0.29) is 17.9 Å². The average molecular weight is 329 g/mol. The average Bonchev–Trinajstić information content (AvgIpc) is 2.98. The Labute approximate surface area is 144 Å². The van der Waals surface area contributed by atoms with Gasteiger partial charge in [-0.25, -0.2) is 0 Å². The maximum atomic E-state index is 13.3. The number of hydrogen-bond donors (Lipinski definition) is 0. The summed E-state index contributed by atoms with van der Waals surface area (Å²) >= 11 is 0. The molecule has 0 spiro atoms. The molecule has 0 aliphatic carbocycles. The van der Waals surface area contributed by atoms with Gasteiger partial charge in [0.15, 0.2) is 0 Å². The Balaban J connectivity index is 1.77. The molecule has 0 aromatic heterocycles. The second-order valence-electron chi connectivity index (χ2n) is 6.74. The van der Waals surface area contributed by atoms with E-state index in [9.17, 15) is 9.59 Å². The molecule has 3 rings (SSSR count). The van der Waals surface area contributed by atoms with Crippen LogP contribution in [0.2, 0.25) is 0 Å². The lowest BCUT2D eigenvalue weighted by Crippen LogP contribution is -2.44. The highest BCUT2D eigenvalue weighted by Crippen LogP contribution is 2.27. The first-order chi connectivity index (χ1) is 11.7. The molecule has 0 N–H and O–H groups in total. The van der Waals surface area contributed by atoms with E-state index in [0.29, 0.717) is 13.1 Å². The van der Waals surface area contributed by atoms with E-state index in [0.717, 1.165) is 51.0 Å². The van der Waals surface area contributed by atoms with Crippen LogP contribution in [0.1, 0.15) is 37.8 Å². The van der Waals surface area contributed by atoms with Gasteiger partial charge in [-0.1, -0.05) is 30.3 Å². The molecule has 2 heterocycles. The monoisotopic (exact) mass is 329 g/mol. The molecule has 2 saturated heterocycles. The number of carbonyl (C=O) groups is 2. The van der Waals surface area contributed by atoms with Gasteiger partial charge in [0.2, 0.25) is 11.8 Å². The molecule has 5 nitrogen and oxygen atoms in total. The van der Waals surface area contributed by atoms with E-state index in [1.54, 1.807) is 6.92 Å². The van der Waals surface area contributed by atoms with E-state index < -0.39 is 0 Å². The lowest BCUT2D eigenvalue weighted by atomic mass is 10.0. The largest absolute Gasteiger partial charge is 0.341 e. The van der Waals surface area contributed by atoms with Crippen molar-refractivity contribution >= 4 is 11.8 Å². The Morgan fingerprint density at radius 1 is 0.833 bits per heavy atom. The number of hydrogen-bond acceptors (Lipinski definition) is 3. The van der Waals surface area contributed by atoms with E-state index in [4.69, 9.17) is 0 Å². The second-order valence-corrected chi connectivity index (χ2v) is 6.74. The fourth-order valence-electron chi connectivity index (χ4n) is 3.77. The molecule has 2 aliphatic heterocycles. The Bertz CT molecular complexity index is 569. The van der Waals surface area contributed by atoms with Crippen LogP contribution in [-0.4, -0.2) is 65.8 Å². The molecule has 1 unspecified atom stereocenters. The number of likely N-dealkylation sites (tertiary alicyclic amines) is 1. The second kappa shape index (κ2) is 7.79. The van der Waals surface area contributed by atoms with Gasteiger partial charge in [-0.05, 0) is 37.9 Å². The van der Waals surface area contributed by atoms with Gasteiger partial charge >= 0.3 is 0 Å². The first-order valence-electron chi connectivity index (χ1n) is 9.00. The molecular weight excluding hydrogens is 302 g/mol. The number of benzene rings is 1. The van der Waals surface area contributed by atoms with Crippen molar-refractivity contribution in [3.63, 3.8) is 0 Å². The standard InChI is InChI=1S/C19H27N3O2/c1-16(23)20-12-7-13-22(15-14-20)19(24)18(21-10-5-6-11-21)17-8-3-2-4-9-17/h2-4,8-9,18H,5-7,10-15H2,1H3. The van der Waals surface area contributed by atoms with Gasteiger partial charge in [0, 0.05) is 33.1 Å². The molecule has 130 valence electrons. The zero-order chi connectivity index (χ0) is 16.9. The summed E-state index contributed by atoms with van der Waals surface area (Å²) < 4.78 is 0. The molecular formula is C19H27N3O2. The van der Waals surface area contributed by atoms with Crippen LogP contribution >= 0.6 is 0 Å². The predicted octanol–water partition coefficient (Wildman–Crippen LogP) is 1.90. The van der Waals surface area contributed by atoms with Crippen LogP contribution in [0.5, 0.6) is 0 Å². The van der Waals surface area contributed by atoms with Gasteiger partial charge in [-0.15, -0.1) is 0 Å². The van der Waals surface area contributed by atoms with Crippen LogP contribution in [-0.2, 0) is 9.59 Å². The zero-order valence-corrected chi connectivity index (χ0v) is 14.5. The van der Waals surface area contributed by atoms with Gasteiger partial charge in [0.1, 0.15) is 6.04 Å². The summed E-state index contributed by atoms with van der Waals surface area (Å²) in [5.41, 5.74) is 1.08. The van der Waals surface area contributed by atoms with Gasteiger partial charge in [-0.3, -0.25) is 14.5 Å². The van der Waals surface area contributed by atoms with Crippen molar-refractivity contribution in [1.82, 2.24) is 14.7 Å². The first kappa shape index (κ1) is 17.0. The van der Waals surface area contributed by atoms with Crippen molar-refractivity contribution in [3.8, 4) is 0 Å². The fourth-order valence-corrected chi connectivity index (χ4v) is 3.77. The van der Waals surface area contributed by atoms with Gasteiger partial charge < -0.3 is 9.80 Å². The summed E-state index contributed by atoms with van der Waals surface area (Å²) in [5.74, 6) is 0.289. The smallest absolute Gasteiger partial charge is 0.244 e. The first-order valence-corrected chi connectivity index (χ1v) is 9.00. The van der Waals surface area contributed by atoms with Crippen LogP contribution in [0.4, 0.5) is 0 Å². The molecule has 5 heteroatoms. The highest BCUT2D eigenvalue weighted by Gasteiger charge is 2.33. The summed E-state index contributed by atoms with van der Waals surface area (Å²) in [6.45, 7) is 6.34. The third kappa shape index (κ3) is 3.78. The van der Waals surface area contributed by atoms with E-state index in [2.05, 4.69) is 17.0 Å². The molecule has 0 saturated carbocycles. The molecule has 1 aromatic carbocycles. The number of nitrogens with zero attached hydrogens (tertiary/aromatic N) is 3. The minimum Gasteiger partial charge on any atom is -0.341 e. The van der Waals surface area contributed by atoms with Crippen molar-refractivity contribution in [2.75, 3.05) is 39.3 Å². The number of amides is 2. The highest BCUT2D eigenvalue weighted by molar-refractivity contribution is 5.83. The van der Waals surface area contributed by atoms with E-state index in [1.807, 2.05) is 28.0 Å². The van der Waals surface area contributed by atoms with Crippen molar-refractivity contribution in [2.24, 2.45) is 0 Å². The van der Waals surface area contributed by atoms with Gasteiger partial charge in [-0.2, -0.15) is 0 Å². The topological polar surface area (TPSA) is 43.9 Å². The third-order valence-electron chi connectivity index (χ3n) is 5.11. The van der Waals surface area contributed by atoms with Crippen LogP contribution in [0.15, 0.2) is 30.3 Å². The summed E-state index contributed by atoms with van der Waals surface area (Å²) in [4.78, 5) is 31.0. The van der Waals surface area contributed by atoms with Crippen molar-refractivity contribution in [1.29, 1.82) is 0 Å². The lowest BCUT2D eigenvalue weighted by molar-refractivity contribution is -0.137. The normalized spacial score (nSPS) is 20.7. The van der Waals surface area contributed by atoms with Gasteiger partial charge in [0.05, 0.1) is 0 Å². The Morgan fingerprint density at radius 2 is 1.46 bits per heavy atom. The lowest BCUT2D eigenvalue weighted by Gasteiger charge is -2.32. The van der Waals surface area contributed by atoms with Crippen molar-refractivity contribution in [3.05, 3.63) is 35.9 Å². The molecule has 2 amide bonds. The van der Waals surface area contributed by atoms with Crippen LogP contribution in [0.25, 0.3) is 0 Å². The summed E-state index contributed by atoms with van der Waals surface area (Å²) in [5, 5.41) is 0. The van der Waals surface area contributed by atoms with Crippen molar-refractivity contribution in [2.45, 2.75) is 32.2 Å². The minimum atomic E-state index is -0.183. The van der Waals surface area contributed by atoms with Crippen LogP contribution < -0.4 is 0 Å². The Hall–Kier alpha value is -1.88. The zero-order valence-electron chi connectivity index (χ0n) is 14.5. The Kier molecular flexibility index (Phi) is 5.51. The molecule has 24 heavy (non-hydrogen) atoms. The molecule has 1 atom stereocenters. The Morgan fingerprint density at radius 3 is 2.12 bits per heavy atom. The van der Waals surface area contributed by atoms with E-state index >= 15 is 0 Å². The minimum absolute atomic E-state index is 0.100. The van der Waals surface area contributed by atoms with E-state index in [1.165, 1.54) is 0 Å². The summed E-state index contributed by atoms with van der Waals surface area (Å²) in [6, 6.07) is 9.93. The van der Waals surface area contributed by atoms with Crippen LogP contribution in [0.3, 0.4) is 0 Å². The maximum absolute atomic E-state index is 13.3. The summed E-state index contributed by atoms with van der Waals surface area (Å²) in [6.07, 6.45) is 3.18. The van der Waals surface area contributed by atoms with Crippen molar-refractivity contribution < 1.29 is 9.59 Å². The quantitative estimate of drug-likeness (QED) is 0.851. The molecule has 0 radical (unpaired) electrons. The molecule has 2 aliphatic rings. The molecule has 2 fully saturated rings. The fraction of sp³-hybridized carbons (Fsp3) is 0.579. The molecule has 1 aromatic rings.